The molecule has 2 rings (SSSR count). The molecule has 1 fully saturated rings. The fourth-order valence-electron chi connectivity index (χ4n) is 2.23. The SMILES string of the molecule is CNCc1ccc(N2CCOCC2C(N)=O)c(Br)c1. The Morgan fingerprint density at radius 3 is 3.05 bits per heavy atom. The van der Waals surface area contributed by atoms with Crippen molar-refractivity contribution in [3.63, 3.8) is 0 Å². The number of nitrogens with two attached hydrogens (primary N) is 1. The first-order valence-electron chi connectivity index (χ1n) is 6.20. The monoisotopic (exact) mass is 327 g/mol. The highest BCUT2D eigenvalue weighted by atomic mass is 79.9. The highest BCUT2D eigenvalue weighted by Crippen LogP contribution is 2.30. The second kappa shape index (κ2) is 6.36. The predicted octanol–water partition coefficient (Wildman–Crippen LogP) is 0.859. The summed E-state index contributed by atoms with van der Waals surface area (Å²) in [5.74, 6) is -0.356. The summed E-state index contributed by atoms with van der Waals surface area (Å²) in [6, 6.07) is 5.71. The van der Waals surface area contributed by atoms with Gasteiger partial charge in [0.1, 0.15) is 6.04 Å². The number of rotatable bonds is 4. The molecule has 0 spiro atoms. The van der Waals surface area contributed by atoms with Gasteiger partial charge in [0.2, 0.25) is 5.91 Å². The molecule has 1 saturated heterocycles. The maximum absolute atomic E-state index is 11.5. The molecule has 1 aromatic rings. The Hall–Kier alpha value is -1.11. The van der Waals surface area contributed by atoms with Crippen LogP contribution < -0.4 is 16.0 Å². The van der Waals surface area contributed by atoms with Gasteiger partial charge in [-0.1, -0.05) is 6.07 Å². The zero-order valence-electron chi connectivity index (χ0n) is 10.9. The van der Waals surface area contributed by atoms with Gasteiger partial charge in [-0.25, -0.2) is 0 Å². The number of carbonyl (C=O) groups is 1. The average molecular weight is 328 g/mol. The predicted molar refractivity (Wildman–Crippen MR) is 78.1 cm³/mol. The maximum Gasteiger partial charge on any atom is 0.242 e. The average Bonchev–Trinajstić information content (AvgIpc) is 2.39. The third-order valence-corrected chi connectivity index (χ3v) is 3.79. The molecule has 1 aromatic carbocycles. The number of hydrogen-bond donors (Lipinski definition) is 2. The van der Waals surface area contributed by atoms with Crippen molar-refractivity contribution in [2.75, 3.05) is 31.7 Å². The van der Waals surface area contributed by atoms with Crippen LogP contribution in [0, 0.1) is 0 Å². The van der Waals surface area contributed by atoms with E-state index in [4.69, 9.17) is 10.5 Å². The number of anilines is 1. The van der Waals surface area contributed by atoms with E-state index in [2.05, 4.69) is 27.3 Å². The number of amides is 1. The van der Waals surface area contributed by atoms with Crippen molar-refractivity contribution < 1.29 is 9.53 Å². The highest BCUT2D eigenvalue weighted by molar-refractivity contribution is 9.10. The van der Waals surface area contributed by atoms with E-state index in [-0.39, 0.29) is 5.91 Å². The number of morpholine rings is 1. The van der Waals surface area contributed by atoms with Crippen molar-refractivity contribution in [1.82, 2.24) is 5.32 Å². The summed E-state index contributed by atoms with van der Waals surface area (Å²) in [5.41, 5.74) is 7.60. The normalized spacial score (nSPS) is 19.5. The van der Waals surface area contributed by atoms with Gasteiger partial charge in [-0.3, -0.25) is 4.79 Å². The molecule has 3 N–H and O–H groups in total. The molecule has 1 heterocycles. The molecule has 0 radical (unpaired) electrons. The Morgan fingerprint density at radius 2 is 2.42 bits per heavy atom. The minimum absolute atomic E-state index is 0.347. The van der Waals surface area contributed by atoms with Crippen LogP contribution >= 0.6 is 15.9 Å². The van der Waals surface area contributed by atoms with Crippen LogP contribution in [-0.4, -0.2) is 38.8 Å². The Labute approximate surface area is 121 Å². The van der Waals surface area contributed by atoms with Crippen molar-refractivity contribution >= 4 is 27.5 Å². The first-order chi connectivity index (χ1) is 9.13. The molecular weight excluding hydrogens is 310 g/mol. The highest BCUT2D eigenvalue weighted by Gasteiger charge is 2.28. The topological polar surface area (TPSA) is 67.6 Å². The summed E-state index contributed by atoms with van der Waals surface area (Å²) in [6.45, 7) is 2.42. The van der Waals surface area contributed by atoms with E-state index in [1.807, 2.05) is 24.1 Å². The summed E-state index contributed by atoms with van der Waals surface area (Å²) >= 11 is 3.57. The summed E-state index contributed by atoms with van der Waals surface area (Å²) in [7, 11) is 1.91. The van der Waals surface area contributed by atoms with Gasteiger partial charge in [-0.15, -0.1) is 0 Å². The van der Waals surface area contributed by atoms with Crippen molar-refractivity contribution in [2.24, 2.45) is 5.73 Å². The zero-order valence-corrected chi connectivity index (χ0v) is 12.4. The molecule has 19 heavy (non-hydrogen) atoms. The van der Waals surface area contributed by atoms with Crippen LogP contribution in [0.1, 0.15) is 5.56 Å². The van der Waals surface area contributed by atoms with Gasteiger partial charge < -0.3 is 20.7 Å². The van der Waals surface area contributed by atoms with E-state index in [0.717, 1.165) is 16.7 Å². The lowest BCUT2D eigenvalue weighted by molar-refractivity contribution is -0.121. The molecule has 1 aliphatic rings. The van der Waals surface area contributed by atoms with Gasteiger partial charge in [0.05, 0.1) is 18.9 Å². The summed E-state index contributed by atoms with van der Waals surface area (Å²) in [4.78, 5) is 13.5. The number of halogens is 1. The van der Waals surface area contributed by atoms with Gasteiger partial charge in [-0.2, -0.15) is 0 Å². The quantitative estimate of drug-likeness (QED) is 0.860. The molecule has 1 atom stereocenters. The van der Waals surface area contributed by atoms with Crippen LogP contribution in [0.15, 0.2) is 22.7 Å². The Balaban J connectivity index is 2.26. The summed E-state index contributed by atoms with van der Waals surface area (Å²) < 4.78 is 6.30. The summed E-state index contributed by atoms with van der Waals surface area (Å²) in [6.07, 6.45) is 0. The lowest BCUT2D eigenvalue weighted by Gasteiger charge is -2.36. The lowest BCUT2D eigenvalue weighted by atomic mass is 10.1. The van der Waals surface area contributed by atoms with Gasteiger partial charge in [0.25, 0.3) is 0 Å². The molecule has 0 saturated carbocycles. The minimum atomic E-state index is -0.403. The van der Waals surface area contributed by atoms with E-state index < -0.39 is 6.04 Å². The van der Waals surface area contributed by atoms with E-state index in [0.29, 0.717) is 19.8 Å². The van der Waals surface area contributed by atoms with Crippen molar-refractivity contribution in [2.45, 2.75) is 12.6 Å². The molecule has 1 unspecified atom stereocenters. The van der Waals surface area contributed by atoms with E-state index >= 15 is 0 Å². The smallest absolute Gasteiger partial charge is 0.242 e. The first-order valence-corrected chi connectivity index (χ1v) is 6.99. The molecule has 104 valence electrons. The zero-order chi connectivity index (χ0) is 13.8. The standard InChI is InChI=1S/C13H18BrN3O2/c1-16-7-9-2-3-11(10(14)6-9)17-4-5-19-8-12(17)13(15)18/h2-3,6,12,16H,4-5,7-8H2,1H3,(H2,15,18). The molecule has 0 aromatic heterocycles. The Kier molecular flexibility index (Phi) is 4.79. The van der Waals surface area contributed by atoms with Crippen LogP contribution in [0.5, 0.6) is 0 Å². The number of ether oxygens (including phenoxy) is 1. The Morgan fingerprint density at radius 1 is 1.63 bits per heavy atom. The van der Waals surface area contributed by atoms with Crippen LogP contribution in [0.25, 0.3) is 0 Å². The van der Waals surface area contributed by atoms with Crippen molar-refractivity contribution in [3.8, 4) is 0 Å². The number of hydrogen-bond acceptors (Lipinski definition) is 4. The minimum Gasteiger partial charge on any atom is -0.377 e. The third-order valence-electron chi connectivity index (χ3n) is 3.16. The van der Waals surface area contributed by atoms with E-state index in [1.165, 1.54) is 5.56 Å². The number of nitrogens with one attached hydrogen (secondary N) is 1. The van der Waals surface area contributed by atoms with Crippen LogP contribution in [0.3, 0.4) is 0 Å². The fraction of sp³-hybridized carbons (Fsp3) is 0.462. The molecular formula is C13H18BrN3O2. The second-order valence-corrected chi connectivity index (χ2v) is 5.36. The van der Waals surface area contributed by atoms with Crippen molar-refractivity contribution in [1.29, 1.82) is 0 Å². The molecule has 0 aliphatic carbocycles. The fourth-order valence-corrected chi connectivity index (χ4v) is 2.88. The molecule has 0 bridgehead atoms. The molecule has 6 heteroatoms. The third kappa shape index (κ3) is 3.26. The van der Waals surface area contributed by atoms with Gasteiger partial charge in [0.15, 0.2) is 0 Å². The molecule has 1 amide bonds. The maximum atomic E-state index is 11.5. The van der Waals surface area contributed by atoms with Crippen LogP contribution in [-0.2, 0) is 16.1 Å². The number of benzene rings is 1. The van der Waals surface area contributed by atoms with Crippen LogP contribution in [0.4, 0.5) is 5.69 Å². The number of nitrogens with zero attached hydrogens (tertiary/aromatic N) is 1. The van der Waals surface area contributed by atoms with E-state index in [9.17, 15) is 4.79 Å². The lowest BCUT2D eigenvalue weighted by Crippen LogP contribution is -2.52. The van der Waals surface area contributed by atoms with Gasteiger partial charge in [0, 0.05) is 17.6 Å². The van der Waals surface area contributed by atoms with Gasteiger partial charge in [-0.05, 0) is 40.7 Å². The van der Waals surface area contributed by atoms with Gasteiger partial charge >= 0.3 is 0 Å². The van der Waals surface area contributed by atoms with Crippen LogP contribution in [0.2, 0.25) is 0 Å². The second-order valence-electron chi connectivity index (χ2n) is 4.50. The Bertz CT molecular complexity index is 467. The van der Waals surface area contributed by atoms with Crippen molar-refractivity contribution in [3.05, 3.63) is 28.2 Å². The summed E-state index contributed by atoms with van der Waals surface area (Å²) in [5, 5.41) is 3.11. The number of carbonyl (C=O) groups excluding carboxylic acids is 1. The first kappa shape index (κ1) is 14.3. The molecule has 5 nitrogen and oxygen atoms in total. The largest absolute Gasteiger partial charge is 0.377 e. The molecule has 1 aliphatic heterocycles. The van der Waals surface area contributed by atoms with E-state index in [1.54, 1.807) is 0 Å². The number of primary amides is 1.